The zero-order valence-electron chi connectivity index (χ0n) is 95.8. The average molecular weight is 2240 g/mol. The predicted molar refractivity (Wildman–Crippen MR) is 568 cm³/mol. The van der Waals surface area contributed by atoms with E-state index in [1.807, 2.05) is 158 Å². The molecule has 19 aromatic rings. The minimum Gasteiger partial charge on any atom is -0.741 e. The number of nitrogens with zero attached hydrogens (tertiary/aromatic N) is 8. The second-order valence-electron chi connectivity index (χ2n) is 38.6. The third-order valence-corrected chi connectivity index (χ3v) is 27.8. The Kier molecular flexibility index (Phi) is 31.7. The summed E-state index contributed by atoms with van der Waals surface area (Å²) >= 11 is -0.158. The van der Waals surface area contributed by atoms with Gasteiger partial charge in [0.1, 0.15) is 52.3 Å². The van der Waals surface area contributed by atoms with E-state index in [1.54, 1.807) is 19.5 Å². The first-order chi connectivity index (χ1) is 74.0. The fourth-order valence-electron chi connectivity index (χ4n) is 16.0. The first-order valence-electron chi connectivity index (χ1n) is 51.7. The standard InChI is InChI=1S/C51H47N4O.C37H26N4O.C23H32I.2C2H4O2.2CHF3O3S.CH3F.Cu/c1-34-26-49(52-32-44(34)35-16-9-8-10-17-35)55-45-21-12-11-20-42(45)43-25-24-41(31-48(43)55)56-40-19-15-18-38(30-40)53-33-54(47-23-14-13-22-46(47)53)39-28-36(50(2,3)4)27-37(29-39)51(5,6)7;1-25-20-37(38-23-32(25)26-10-3-2-4-11-26)41-34-16-7-5-14-30(34)31-19-18-29(22-36(31)41)42-28-13-9-12-27(21-28)40-24-39-33-15-6-8-17-35(33)40;1-15-10-16(2)21(17(3)11-15)24-20-13-18(22(4,5)6)12-19(14-20)23(7,8)9;2*1-2(3)4;2*2-1(3,4)8(5,6)7;1-2;/h8-33H,1-7H3;2-24H,1H3;10-14H,1-9H3;2*1H3,(H,3,4);2*(H,5,6,7);1H3;/q+1;;+1;;;;;;/p-2/i8D,9D,10D,16D,17D;2D,3D,4D,10D,11D;;;;;;1D;. The number of aryl methyl sites for hydroxylation is 5. The molecule has 0 aliphatic carbocycles. The van der Waals surface area contributed by atoms with Crippen LogP contribution in [0, 0.1) is 41.8 Å². The molecule has 6 heterocycles. The number of ether oxygens (including phenoxy) is 2. The van der Waals surface area contributed by atoms with Gasteiger partial charge in [-0.2, -0.15) is 35.5 Å². The SMILES string of the molecule is CC(=O)O.CC(=O)O.Cc1cc(C)c([I+]c2cc(C(C)(C)C)cc(C(C)(C)C)c2)c(C)c1.O=S(=O)([O-])C(F)(F)F.O=S(=O)([O-])C(F)(F)F.[2H]CF.[2H]c1c([2H])c([2H])c(-c2cnc(-n3c4ccccc4c4ccc(Oc5cccc(-n6c[n+](-c7cc(C(C)(C)C)cc(C(C)(C)C)c7)c7ccccc76)c5)cc43)cc2C)c([2H])c1[2H].[2H]c1c([2H])c([2H])c(-c2cnc(-n3c4ccccc4c4ccc(Oc5cccc(-n6cnc7ccccc76)c5)cc43)cc2C)c([2H])c1[2H].[Cu]. The molecule has 149 heavy (non-hydrogen) atoms. The Morgan fingerprint density at radius 2 is 0.765 bits per heavy atom. The Labute approximate surface area is 899 Å². The molecule has 13 aromatic carbocycles. The summed E-state index contributed by atoms with van der Waals surface area (Å²) in [5.41, 5.74) is 12.4. The van der Waals surface area contributed by atoms with Crippen molar-refractivity contribution in [1.82, 2.24) is 33.2 Å². The molecule has 20 nitrogen and oxygen atoms in total. The fraction of sp³-hybridized carbons (Fsp3) is 0.220. The number of para-hydroxylation sites is 6. The molecule has 6 aromatic heterocycles. The van der Waals surface area contributed by atoms with E-state index < -0.39 is 62.4 Å². The van der Waals surface area contributed by atoms with Crippen molar-refractivity contribution in [2.45, 2.75) is 164 Å². The van der Waals surface area contributed by atoms with E-state index in [9.17, 15) is 30.7 Å². The van der Waals surface area contributed by atoms with E-state index in [-0.39, 0.29) is 119 Å². The van der Waals surface area contributed by atoms with Crippen LogP contribution in [-0.4, -0.2) is 99.5 Å². The molecular weight excluding hydrogens is 2110 g/mol. The molecule has 0 fully saturated rings. The molecule has 2 N–H and O–H groups in total. The van der Waals surface area contributed by atoms with Crippen LogP contribution in [0.4, 0.5) is 30.7 Å². The summed E-state index contributed by atoms with van der Waals surface area (Å²) in [4.78, 5) is 32.1. The first kappa shape index (κ1) is 99.4. The molecular formula is C118H116CuF7IN8O12S2. The van der Waals surface area contributed by atoms with Crippen LogP contribution >= 0.6 is 0 Å². The molecule has 779 valence electrons. The van der Waals surface area contributed by atoms with Crippen LogP contribution in [0.15, 0.2) is 328 Å². The van der Waals surface area contributed by atoms with Gasteiger partial charge < -0.3 is 28.8 Å². The fourth-order valence-corrected chi connectivity index (χ4v) is 18.8. The topological polar surface area (TPSA) is 270 Å². The Bertz CT molecular complexity index is 8800. The van der Waals surface area contributed by atoms with Crippen LogP contribution in [-0.2, 0) is 68.6 Å². The molecule has 0 spiro atoms. The summed E-state index contributed by atoms with van der Waals surface area (Å²) in [5, 5.41) is 19.0. The van der Waals surface area contributed by atoms with Crippen LogP contribution in [0.5, 0.6) is 23.0 Å². The number of carbonyl (C=O) groups is 2. The maximum Gasteiger partial charge on any atom is 0.485 e. The molecule has 0 saturated carbocycles. The van der Waals surface area contributed by atoms with Gasteiger partial charge in [0.15, 0.2) is 38.4 Å². The van der Waals surface area contributed by atoms with Gasteiger partial charge in [0.05, 0.1) is 61.0 Å². The minimum absolute atomic E-state index is 0. The second-order valence-corrected chi connectivity index (χ2v) is 44.2. The average Bonchev–Trinajstić information content (AvgIpc) is 1.65. The van der Waals surface area contributed by atoms with Gasteiger partial charge in [-0.05, 0) is 222 Å². The summed E-state index contributed by atoms with van der Waals surface area (Å²) in [5.74, 6) is 2.28. The summed E-state index contributed by atoms with van der Waals surface area (Å²) in [7, 11) is -13.2. The molecule has 0 bridgehead atoms. The smallest absolute Gasteiger partial charge is 0.485 e. The summed E-state index contributed by atoms with van der Waals surface area (Å²) in [6, 6.07) is 80.2. The van der Waals surface area contributed by atoms with Gasteiger partial charge in [0.25, 0.3) is 18.3 Å². The van der Waals surface area contributed by atoms with Crippen LogP contribution in [0.25, 0.3) is 117 Å². The number of carboxylic acid groups (broad SMARTS) is 2. The largest absolute Gasteiger partial charge is 0.741 e. The summed E-state index contributed by atoms with van der Waals surface area (Å²) in [6.45, 7) is 40.1. The normalized spacial score (nSPS) is 12.7. The minimum atomic E-state index is -6.09. The molecule has 0 aliphatic rings. The van der Waals surface area contributed by atoms with Gasteiger partial charge in [0.2, 0.25) is 0 Å². The van der Waals surface area contributed by atoms with Crippen molar-refractivity contribution in [3.05, 3.63) is 385 Å². The van der Waals surface area contributed by atoms with E-state index >= 15 is 0 Å². The number of aromatic nitrogens is 8. The summed E-state index contributed by atoms with van der Waals surface area (Å²) < 4.78 is 243. The quantitative estimate of drug-likeness (QED) is 0.0271. The van der Waals surface area contributed by atoms with E-state index in [1.165, 1.54) is 38.9 Å². The number of benzene rings is 13. The van der Waals surface area contributed by atoms with Crippen molar-refractivity contribution in [2.75, 3.05) is 7.15 Å². The molecule has 0 amide bonds. The van der Waals surface area contributed by atoms with Crippen LogP contribution in [0.3, 0.4) is 0 Å². The zero-order chi connectivity index (χ0) is 118. The van der Waals surface area contributed by atoms with E-state index in [0.29, 0.717) is 45.8 Å². The number of fused-ring (bicyclic) bond motifs is 8. The van der Waals surface area contributed by atoms with Crippen molar-refractivity contribution in [3.8, 4) is 73.9 Å². The maximum absolute atomic E-state index is 10.7. The van der Waals surface area contributed by atoms with Gasteiger partial charge in [-0.3, -0.25) is 27.7 Å². The van der Waals surface area contributed by atoms with Crippen molar-refractivity contribution in [2.24, 2.45) is 0 Å². The number of alkyl halides is 7. The number of pyridine rings is 2. The van der Waals surface area contributed by atoms with Gasteiger partial charge >= 0.3 is 32.2 Å². The number of rotatable bonds is 13. The molecule has 19 rings (SSSR count). The van der Waals surface area contributed by atoms with Crippen LogP contribution in [0.1, 0.15) is 162 Å². The van der Waals surface area contributed by atoms with Gasteiger partial charge in [-0.15, -0.1) is 0 Å². The molecule has 1 radical (unpaired) electrons. The molecule has 31 heteroatoms. The van der Waals surface area contributed by atoms with E-state index in [2.05, 4.69) is 243 Å². The number of halogens is 8. The zero-order valence-corrected chi connectivity index (χ0v) is 89.5. The van der Waals surface area contributed by atoms with Crippen LogP contribution in [0.2, 0.25) is 0 Å². The predicted octanol–water partition coefficient (Wildman–Crippen LogP) is 26.3. The number of imidazole rings is 2. The first-order valence-corrected chi connectivity index (χ1v) is 51.0. The van der Waals surface area contributed by atoms with Gasteiger partial charge in [0, 0.05) is 111 Å². The number of aliphatic carboxylic acids is 2. The molecule has 0 atom stereocenters. The molecule has 0 saturated heterocycles. The third-order valence-electron chi connectivity index (χ3n) is 23.1. The summed E-state index contributed by atoms with van der Waals surface area (Å²) in [6.07, 6.45) is 7.17. The van der Waals surface area contributed by atoms with Gasteiger partial charge in [-0.1, -0.05) is 246 Å². The Morgan fingerprint density at radius 3 is 1.15 bits per heavy atom. The number of hydrogen-bond donors (Lipinski definition) is 2. The number of carboxylic acids is 2. The van der Waals surface area contributed by atoms with E-state index in [4.69, 9.17) is 80.3 Å². The molecule has 0 unspecified atom stereocenters. The third kappa shape index (κ3) is 28.7. The van der Waals surface area contributed by atoms with Crippen molar-refractivity contribution >= 4 is 97.9 Å². The Balaban J connectivity index is 0.000000213. The second kappa shape index (κ2) is 47.5. The van der Waals surface area contributed by atoms with Crippen molar-refractivity contribution in [1.29, 1.82) is 0 Å². The van der Waals surface area contributed by atoms with Crippen LogP contribution < -0.4 is 35.2 Å². The number of hydrogen-bond acceptors (Lipinski definition) is 13. The molecule has 0 aliphatic heterocycles. The maximum atomic E-state index is 10.7. The van der Waals surface area contributed by atoms with E-state index in [0.717, 1.165) is 108 Å². The monoisotopic (exact) mass is 2230 g/mol. The van der Waals surface area contributed by atoms with Crippen molar-refractivity contribution < 1.29 is 144 Å². The Morgan fingerprint density at radius 1 is 0.416 bits per heavy atom. The van der Waals surface area contributed by atoms with Crippen molar-refractivity contribution in [3.63, 3.8) is 0 Å². The van der Waals surface area contributed by atoms with Gasteiger partial charge in [-0.25, -0.2) is 31.8 Å². The Hall–Kier alpha value is -14.2.